The van der Waals surface area contributed by atoms with E-state index in [9.17, 15) is 4.79 Å². The Hall–Kier alpha value is -3.91. The van der Waals surface area contributed by atoms with E-state index in [1.165, 1.54) is 0 Å². The molecule has 172 valence electrons. The van der Waals surface area contributed by atoms with Gasteiger partial charge in [0.05, 0.1) is 17.7 Å². The van der Waals surface area contributed by atoms with Crippen LogP contribution in [0.15, 0.2) is 48.8 Å². The number of piperazine rings is 1. The fraction of sp³-hybridized carbons (Fsp3) is 0.200. The van der Waals surface area contributed by atoms with E-state index in [4.69, 9.17) is 17.3 Å². The maximum atomic E-state index is 11.7. The summed E-state index contributed by atoms with van der Waals surface area (Å²) in [6.45, 7) is 5.61. The Balaban J connectivity index is 1.53. The Morgan fingerprint density at radius 3 is 2.65 bits per heavy atom. The lowest BCUT2D eigenvalue weighted by molar-refractivity contribution is -0.120. The molecule has 0 radical (unpaired) electrons. The van der Waals surface area contributed by atoms with Crippen molar-refractivity contribution in [3.05, 3.63) is 64.9 Å². The molecule has 0 saturated carbocycles. The van der Waals surface area contributed by atoms with Gasteiger partial charge in [-0.3, -0.25) is 4.79 Å². The third-order valence-corrected chi connectivity index (χ3v) is 6.28. The van der Waals surface area contributed by atoms with Crippen LogP contribution >= 0.6 is 11.6 Å². The highest BCUT2D eigenvalue weighted by Crippen LogP contribution is 2.38. The molecule has 1 aliphatic rings. The van der Waals surface area contributed by atoms with Gasteiger partial charge in [-0.05, 0) is 48.7 Å². The number of nitrogens with one attached hydrogen (secondary N) is 2. The van der Waals surface area contributed by atoms with Gasteiger partial charge in [0.1, 0.15) is 10.8 Å². The molecule has 2 aromatic carbocycles. The molecular formula is C25H24ClN7O. The van der Waals surface area contributed by atoms with Crippen LogP contribution in [0.1, 0.15) is 11.1 Å². The summed E-state index contributed by atoms with van der Waals surface area (Å²) in [6.07, 6.45) is 3.53. The molecule has 0 bridgehead atoms. The smallest absolute Gasteiger partial charge is 0.239 e. The van der Waals surface area contributed by atoms with Crippen LogP contribution in [0.4, 0.5) is 23.1 Å². The van der Waals surface area contributed by atoms with Crippen LogP contribution in [0.2, 0.25) is 5.02 Å². The van der Waals surface area contributed by atoms with E-state index in [0.29, 0.717) is 29.7 Å². The largest absolute Gasteiger partial charge is 0.382 e. The summed E-state index contributed by atoms with van der Waals surface area (Å²) < 4.78 is 0. The number of hydrogen-bond donors (Lipinski definition) is 3. The summed E-state index contributed by atoms with van der Waals surface area (Å²) in [5.74, 6) is 0.781. The predicted octanol–water partition coefficient (Wildman–Crippen LogP) is 4.22. The van der Waals surface area contributed by atoms with E-state index >= 15 is 0 Å². The summed E-state index contributed by atoms with van der Waals surface area (Å²) in [5, 5.41) is 7.50. The minimum Gasteiger partial charge on any atom is -0.382 e. The molecule has 5 rings (SSSR count). The Kier molecular flexibility index (Phi) is 5.67. The van der Waals surface area contributed by atoms with Crippen LogP contribution in [-0.4, -0.2) is 40.5 Å². The van der Waals surface area contributed by atoms with Gasteiger partial charge in [-0.15, -0.1) is 0 Å². The van der Waals surface area contributed by atoms with Crippen LogP contribution in [0.5, 0.6) is 0 Å². The maximum Gasteiger partial charge on any atom is 0.239 e. The standard InChI is InChI=1S/C25H24ClN7O/c1-14-3-4-15(2)20(9-14)31-23-18-10-16(5-6-19(18)32-24(27)22(23)26)17-11-29-25(30-12-17)33-8-7-28-21(34)13-33/h3-6,9-12H,7-8,13H2,1-2H3,(H,28,34)(H3,27,31,32). The van der Waals surface area contributed by atoms with E-state index in [2.05, 4.69) is 43.8 Å². The quantitative estimate of drug-likeness (QED) is 0.407. The van der Waals surface area contributed by atoms with Crippen molar-refractivity contribution < 1.29 is 4.79 Å². The zero-order valence-electron chi connectivity index (χ0n) is 18.9. The highest BCUT2D eigenvalue weighted by molar-refractivity contribution is 6.37. The number of nitrogens with two attached hydrogens (primary N) is 1. The molecule has 1 saturated heterocycles. The Morgan fingerprint density at radius 2 is 1.88 bits per heavy atom. The minimum absolute atomic E-state index is 0.0269. The molecule has 34 heavy (non-hydrogen) atoms. The molecule has 1 aliphatic heterocycles. The van der Waals surface area contributed by atoms with Crippen molar-refractivity contribution in [2.24, 2.45) is 0 Å². The molecule has 1 fully saturated rings. The number of rotatable bonds is 4. The molecule has 4 aromatic rings. The number of amides is 1. The number of carbonyl (C=O) groups excluding carboxylic acids is 1. The van der Waals surface area contributed by atoms with Gasteiger partial charge < -0.3 is 21.3 Å². The van der Waals surface area contributed by atoms with Gasteiger partial charge in [-0.1, -0.05) is 29.8 Å². The van der Waals surface area contributed by atoms with Crippen molar-refractivity contribution in [3.63, 3.8) is 0 Å². The normalized spacial score (nSPS) is 13.7. The average molecular weight is 474 g/mol. The van der Waals surface area contributed by atoms with Crippen molar-refractivity contribution in [2.45, 2.75) is 13.8 Å². The number of benzene rings is 2. The van der Waals surface area contributed by atoms with Crippen LogP contribution in [0, 0.1) is 13.8 Å². The van der Waals surface area contributed by atoms with Gasteiger partial charge in [0.2, 0.25) is 11.9 Å². The lowest BCUT2D eigenvalue weighted by Gasteiger charge is -2.26. The van der Waals surface area contributed by atoms with Crippen molar-refractivity contribution in [2.75, 3.05) is 35.6 Å². The lowest BCUT2D eigenvalue weighted by atomic mass is 10.0. The number of nitrogens with zero attached hydrogens (tertiary/aromatic N) is 4. The number of nitrogen functional groups attached to an aromatic ring is 1. The molecule has 3 heterocycles. The molecule has 1 amide bonds. The number of aromatic nitrogens is 3. The Morgan fingerprint density at radius 1 is 1.09 bits per heavy atom. The second kappa shape index (κ2) is 8.79. The summed E-state index contributed by atoms with van der Waals surface area (Å²) in [7, 11) is 0. The first-order valence-corrected chi connectivity index (χ1v) is 11.3. The third kappa shape index (κ3) is 4.20. The van der Waals surface area contributed by atoms with E-state index in [1.807, 2.05) is 36.9 Å². The van der Waals surface area contributed by atoms with E-state index in [0.717, 1.165) is 38.8 Å². The fourth-order valence-electron chi connectivity index (χ4n) is 4.01. The number of aryl methyl sites for hydroxylation is 2. The first-order valence-electron chi connectivity index (χ1n) is 11.0. The zero-order valence-corrected chi connectivity index (χ0v) is 19.6. The van der Waals surface area contributed by atoms with Gasteiger partial charge in [-0.25, -0.2) is 15.0 Å². The molecule has 0 atom stereocenters. The summed E-state index contributed by atoms with van der Waals surface area (Å²) in [5.41, 5.74) is 12.5. The lowest BCUT2D eigenvalue weighted by Crippen LogP contribution is -2.48. The van der Waals surface area contributed by atoms with Crippen molar-refractivity contribution in [3.8, 4) is 11.1 Å². The van der Waals surface area contributed by atoms with Crippen LogP contribution in [-0.2, 0) is 4.79 Å². The third-order valence-electron chi connectivity index (χ3n) is 5.90. The molecule has 2 aromatic heterocycles. The van der Waals surface area contributed by atoms with Crippen molar-refractivity contribution >= 4 is 51.6 Å². The Labute approximate surface area is 202 Å². The molecule has 0 spiro atoms. The number of pyridine rings is 1. The van der Waals surface area contributed by atoms with Gasteiger partial charge >= 0.3 is 0 Å². The van der Waals surface area contributed by atoms with E-state index in [1.54, 1.807) is 12.4 Å². The number of anilines is 4. The molecule has 9 heteroatoms. The molecule has 0 unspecified atom stereocenters. The van der Waals surface area contributed by atoms with Gasteiger partial charge in [-0.2, -0.15) is 0 Å². The van der Waals surface area contributed by atoms with E-state index in [-0.39, 0.29) is 18.3 Å². The van der Waals surface area contributed by atoms with Crippen LogP contribution < -0.4 is 21.3 Å². The first-order chi connectivity index (χ1) is 16.4. The van der Waals surface area contributed by atoms with Crippen molar-refractivity contribution in [1.82, 2.24) is 20.3 Å². The van der Waals surface area contributed by atoms with Crippen LogP contribution in [0.3, 0.4) is 0 Å². The molecule has 8 nitrogen and oxygen atoms in total. The van der Waals surface area contributed by atoms with E-state index < -0.39 is 0 Å². The topological polar surface area (TPSA) is 109 Å². The number of halogens is 1. The summed E-state index contributed by atoms with van der Waals surface area (Å²) in [4.78, 5) is 27.0. The predicted molar refractivity (Wildman–Crippen MR) is 137 cm³/mol. The summed E-state index contributed by atoms with van der Waals surface area (Å²) >= 11 is 6.62. The fourth-order valence-corrected chi connectivity index (χ4v) is 4.20. The van der Waals surface area contributed by atoms with Crippen molar-refractivity contribution in [1.29, 1.82) is 0 Å². The SMILES string of the molecule is Cc1ccc(C)c(Nc2c(Cl)c(N)nc3ccc(-c4cnc(N5CCNC(=O)C5)nc4)cc23)c1. The van der Waals surface area contributed by atoms with Gasteiger partial charge in [0.25, 0.3) is 0 Å². The molecule has 0 aliphatic carbocycles. The first kappa shape index (κ1) is 21.9. The second-order valence-electron chi connectivity index (χ2n) is 8.40. The Bertz CT molecular complexity index is 1410. The number of fused-ring (bicyclic) bond motifs is 1. The highest BCUT2D eigenvalue weighted by Gasteiger charge is 2.19. The minimum atomic E-state index is -0.0269. The van der Waals surface area contributed by atoms with Crippen LogP contribution in [0.25, 0.3) is 22.0 Å². The van der Waals surface area contributed by atoms with Gasteiger partial charge in [0, 0.05) is 42.1 Å². The maximum absolute atomic E-state index is 11.7. The number of hydrogen-bond acceptors (Lipinski definition) is 7. The number of carbonyl (C=O) groups is 1. The molecular weight excluding hydrogens is 450 g/mol. The second-order valence-corrected chi connectivity index (χ2v) is 8.78. The van der Waals surface area contributed by atoms with Gasteiger partial charge in [0.15, 0.2) is 0 Å². The highest BCUT2D eigenvalue weighted by atomic mass is 35.5. The summed E-state index contributed by atoms with van der Waals surface area (Å²) in [6, 6.07) is 12.1. The zero-order chi connectivity index (χ0) is 23.8. The molecule has 4 N–H and O–H groups in total. The monoisotopic (exact) mass is 473 g/mol. The average Bonchev–Trinajstić information content (AvgIpc) is 2.84.